The van der Waals surface area contributed by atoms with Gasteiger partial charge in [-0.1, -0.05) is 0 Å². The molecule has 1 aromatic carbocycles. The van der Waals surface area contributed by atoms with E-state index in [4.69, 9.17) is 5.84 Å². The van der Waals surface area contributed by atoms with Crippen molar-refractivity contribution in [2.75, 3.05) is 24.8 Å². The molecule has 10 heteroatoms. The van der Waals surface area contributed by atoms with Crippen LogP contribution in [-0.4, -0.2) is 33.7 Å². The number of nitrogens with one attached hydrogen (secondary N) is 3. The van der Waals surface area contributed by atoms with Crippen molar-refractivity contribution in [1.29, 1.82) is 0 Å². The Morgan fingerprint density at radius 2 is 1.80 bits per heavy atom. The lowest BCUT2D eigenvalue weighted by Gasteiger charge is -2.08. The average molecular weight is 308 g/mol. The van der Waals surface area contributed by atoms with Crippen LogP contribution in [0.5, 0.6) is 0 Å². The highest BCUT2D eigenvalue weighted by molar-refractivity contribution is 7.88. The van der Waals surface area contributed by atoms with Crippen LogP contribution in [0.2, 0.25) is 0 Å². The van der Waals surface area contributed by atoms with Crippen molar-refractivity contribution < 1.29 is 22.0 Å². The standard InChI is InChI=1S/C10H14F2N4O3S/c1-20(18,19)15-3-2-14-10(17)6-4-7(11)9(16-13)8(12)5-6/h4-5,15-16H,2-3,13H2,1H3,(H,14,17). The molecule has 0 aromatic heterocycles. The van der Waals surface area contributed by atoms with Crippen molar-refractivity contribution in [3.63, 3.8) is 0 Å². The fourth-order valence-corrected chi connectivity index (χ4v) is 1.83. The van der Waals surface area contributed by atoms with E-state index < -0.39 is 33.3 Å². The summed E-state index contributed by atoms with van der Waals surface area (Å²) < 4.78 is 50.4. The number of hydrogen-bond acceptors (Lipinski definition) is 5. The van der Waals surface area contributed by atoms with Gasteiger partial charge in [0.2, 0.25) is 10.0 Å². The summed E-state index contributed by atoms with van der Waals surface area (Å²) in [6.45, 7) is -0.0516. The van der Waals surface area contributed by atoms with Gasteiger partial charge in [0.25, 0.3) is 5.91 Å². The highest BCUT2D eigenvalue weighted by atomic mass is 32.2. The highest BCUT2D eigenvalue weighted by Crippen LogP contribution is 2.19. The summed E-state index contributed by atoms with van der Waals surface area (Å²) in [5.74, 6) is 2.17. The average Bonchev–Trinajstić information content (AvgIpc) is 2.32. The van der Waals surface area contributed by atoms with Gasteiger partial charge in [-0.15, -0.1) is 0 Å². The minimum atomic E-state index is -3.35. The molecule has 1 amide bonds. The van der Waals surface area contributed by atoms with Gasteiger partial charge in [-0.25, -0.2) is 21.9 Å². The fourth-order valence-electron chi connectivity index (χ4n) is 1.36. The van der Waals surface area contributed by atoms with Crippen LogP contribution >= 0.6 is 0 Å². The maximum absolute atomic E-state index is 13.4. The highest BCUT2D eigenvalue weighted by Gasteiger charge is 2.14. The summed E-state index contributed by atoms with van der Waals surface area (Å²) >= 11 is 0. The fraction of sp³-hybridized carbons (Fsp3) is 0.300. The van der Waals surface area contributed by atoms with Gasteiger partial charge in [0.15, 0.2) is 11.6 Å². The van der Waals surface area contributed by atoms with Gasteiger partial charge in [0.05, 0.1) is 6.26 Å². The first kappa shape index (κ1) is 16.3. The number of hydrazine groups is 1. The third-order valence-corrected chi connectivity index (χ3v) is 2.95. The second kappa shape index (κ2) is 6.59. The Morgan fingerprint density at radius 3 is 2.25 bits per heavy atom. The molecule has 0 aliphatic rings. The van der Waals surface area contributed by atoms with Crippen LogP contribution in [0, 0.1) is 11.6 Å². The van der Waals surface area contributed by atoms with Crippen molar-refractivity contribution in [3.05, 3.63) is 29.3 Å². The molecule has 0 atom stereocenters. The van der Waals surface area contributed by atoms with E-state index in [-0.39, 0.29) is 18.7 Å². The number of carbonyl (C=O) groups is 1. The molecule has 0 saturated heterocycles. The number of amides is 1. The smallest absolute Gasteiger partial charge is 0.251 e. The van der Waals surface area contributed by atoms with E-state index in [1.807, 2.05) is 5.43 Å². The first-order valence-electron chi connectivity index (χ1n) is 5.43. The maximum Gasteiger partial charge on any atom is 0.251 e. The third kappa shape index (κ3) is 4.72. The van der Waals surface area contributed by atoms with Crippen molar-refractivity contribution in [2.45, 2.75) is 0 Å². The third-order valence-electron chi connectivity index (χ3n) is 2.22. The Morgan fingerprint density at radius 1 is 1.25 bits per heavy atom. The van der Waals surface area contributed by atoms with Crippen molar-refractivity contribution >= 4 is 21.6 Å². The van der Waals surface area contributed by atoms with E-state index in [1.165, 1.54) is 0 Å². The quantitative estimate of drug-likeness (QED) is 0.322. The Balaban J connectivity index is 2.65. The number of benzene rings is 1. The van der Waals surface area contributed by atoms with Crippen molar-refractivity contribution in [3.8, 4) is 0 Å². The molecule has 0 saturated carbocycles. The Labute approximate surface area is 114 Å². The van der Waals surface area contributed by atoms with E-state index in [9.17, 15) is 22.0 Å². The van der Waals surface area contributed by atoms with Crippen molar-refractivity contribution in [2.24, 2.45) is 5.84 Å². The van der Waals surface area contributed by atoms with E-state index in [0.29, 0.717) is 0 Å². The number of halogens is 2. The summed E-state index contributed by atoms with van der Waals surface area (Å²) in [6, 6.07) is 1.63. The molecule has 0 spiro atoms. The summed E-state index contributed by atoms with van der Waals surface area (Å²) in [6.07, 6.45) is 0.970. The predicted molar refractivity (Wildman–Crippen MR) is 69.3 cm³/mol. The largest absolute Gasteiger partial charge is 0.351 e. The molecule has 112 valence electrons. The Hall–Kier alpha value is -1.78. The molecule has 0 aliphatic heterocycles. The van der Waals surface area contributed by atoms with Gasteiger partial charge >= 0.3 is 0 Å². The molecular formula is C10H14F2N4O3S. The van der Waals surface area contributed by atoms with Gasteiger partial charge in [-0.05, 0) is 12.1 Å². The van der Waals surface area contributed by atoms with Crippen LogP contribution in [0.25, 0.3) is 0 Å². The SMILES string of the molecule is CS(=O)(=O)NCCNC(=O)c1cc(F)c(NN)c(F)c1. The molecule has 1 rings (SSSR count). The number of sulfonamides is 1. The molecule has 0 fully saturated rings. The topological polar surface area (TPSA) is 113 Å². The first-order chi connectivity index (χ1) is 9.24. The number of anilines is 1. The van der Waals surface area contributed by atoms with Gasteiger partial charge in [0, 0.05) is 18.7 Å². The van der Waals surface area contributed by atoms with Gasteiger partial charge in [-0.3, -0.25) is 10.6 Å². The molecule has 0 bridgehead atoms. The summed E-state index contributed by atoms with van der Waals surface area (Å²) in [7, 11) is -3.35. The minimum Gasteiger partial charge on any atom is -0.351 e. The first-order valence-corrected chi connectivity index (χ1v) is 7.32. The summed E-state index contributed by atoms with van der Waals surface area (Å²) in [4.78, 5) is 11.6. The molecule has 7 nitrogen and oxygen atoms in total. The molecule has 0 unspecified atom stereocenters. The number of nitrogens with two attached hydrogens (primary N) is 1. The van der Waals surface area contributed by atoms with Crippen molar-refractivity contribution in [1.82, 2.24) is 10.0 Å². The molecule has 1 aromatic rings. The van der Waals surface area contributed by atoms with Crippen LogP contribution in [0.15, 0.2) is 12.1 Å². The zero-order chi connectivity index (χ0) is 15.3. The number of rotatable bonds is 6. The van der Waals surface area contributed by atoms with E-state index in [1.54, 1.807) is 0 Å². The van der Waals surface area contributed by atoms with Crippen LogP contribution < -0.4 is 21.3 Å². The maximum atomic E-state index is 13.4. The van der Waals surface area contributed by atoms with Crippen LogP contribution in [0.3, 0.4) is 0 Å². The lowest BCUT2D eigenvalue weighted by atomic mass is 10.1. The molecule has 0 radical (unpaired) electrons. The normalized spacial score (nSPS) is 11.2. The molecule has 20 heavy (non-hydrogen) atoms. The van der Waals surface area contributed by atoms with Crippen LogP contribution in [0.1, 0.15) is 10.4 Å². The predicted octanol–water partition coefficient (Wildman–Crippen LogP) is -0.471. The van der Waals surface area contributed by atoms with Gasteiger partial charge in [-0.2, -0.15) is 0 Å². The summed E-state index contributed by atoms with van der Waals surface area (Å²) in [5.41, 5.74) is 1.06. The second-order valence-electron chi connectivity index (χ2n) is 3.88. The Kier molecular flexibility index (Phi) is 5.36. The number of carbonyl (C=O) groups excluding carboxylic acids is 1. The lowest BCUT2D eigenvalue weighted by Crippen LogP contribution is -2.34. The number of hydrogen-bond donors (Lipinski definition) is 4. The molecule has 0 aliphatic carbocycles. The monoisotopic (exact) mass is 308 g/mol. The van der Waals surface area contributed by atoms with E-state index in [2.05, 4.69) is 10.0 Å². The Bertz CT molecular complexity index is 584. The van der Waals surface area contributed by atoms with Crippen LogP contribution in [0.4, 0.5) is 14.5 Å². The second-order valence-corrected chi connectivity index (χ2v) is 5.71. The van der Waals surface area contributed by atoms with Gasteiger partial charge < -0.3 is 10.7 Å². The minimum absolute atomic E-state index is 0.0218. The molecule has 5 N–H and O–H groups in total. The van der Waals surface area contributed by atoms with Crippen LogP contribution in [-0.2, 0) is 10.0 Å². The van der Waals surface area contributed by atoms with Gasteiger partial charge in [0.1, 0.15) is 5.69 Å². The molecular weight excluding hydrogens is 294 g/mol. The zero-order valence-corrected chi connectivity index (χ0v) is 11.4. The lowest BCUT2D eigenvalue weighted by molar-refractivity contribution is 0.0953. The van der Waals surface area contributed by atoms with E-state index >= 15 is 0 Å². The zero-order valence-electron chi connectivity index (χ0n) is 10.5. The number of nitrogen functional groups attached to an aromatic ring is 1. The summed E-state index contributed by atoms with van der Waals surface area (Å²) in [5, 5.41) is 2.31. The molecule has 0 heterocycles. The van der Waals surface area contributed by atoms with E-state index in [0.717, 1.165) is 18.4 Å².